The van der Waals surface area contributed by atoms with Crippen LogP contribution >= 0.6 is 0 Å². The molecule has 0 aliphatic heterocycles. The normalized spacial score (nSPS) is 12.4. The lowest BCUT2D eigenvalue weighted by molar-refractivity contribution is 0.412. The zero-order valence-electron chi connectivity index (χ0n) is 10.7. The van der Waals surface area contributed by atoms with Crippen molar-refractivity contribution in [2.75, 3.05) is 27.2 Å². The molecule has 104 valence electrons. The highest BCUT2D eigenvalue weighted by Crippen LogP contribution is 2.14. The molecule has 2 aromatic rings. The van der Waals surface area contributed by atoms with Gasteiger partial charge in [0.25, 0.3) is 0 Å². The number of hydrogen-bond acceptors (Lipinski definition) is 4. The van der Waals surface area contributed by atoms with Crippen molar-refractivity contribution in [1.82, 2.24) is 19.6 Å². The lowest BCUT2D eigenvalue weighted by Crippen LogP contribution is -2.31. The first kappa shape index (κ1) is 13.8. The fourth-order valence-corrected chi connectivity index (χ4v) is 2.71. The van der Waals surface area contributed by atoms with Gasteiger partial charge >= 0.3 is 5.69 Å². The summed E-state index contributed by atoms with van der Waals surface area (Å²) in [6.45, 7) is 0.944. The van der Waals surface area contributed by atoms with Crippen molar-refractivity contribution in [1.29, 1.82) is 0 Å². The van der Waals surface area contributed by atoms with Gasteiger partial charge in [-0.15, -0.1) is 0 Å². The van der Waals surface area contributed by atoms with Crippen LogP contribution in [0, 0.1) is 0 Å². The van der Waals surface area contributed by atoms with E-state index in [0.717, 1.165) is 0 Å². The maximum Gasteiger partial charge on any atom is 0.323 e. The van der Waals surface area contributed by atoms with Crippen molar-refractivity contribution in [2.45, 2.75) is 4.90 Å². The summed E-state index contributed by atoms with van der Waals surface area (Å²) in [5, 5.41) is 0. The average molecular weight is 284 g/mol. The van der Waals surface area contributed by atoms with Crippen molar-refractivity contribution in [3.63, 3.8) is 0 Å². The number of nitrogens with zero attached hydrogens (tertiary/aromatic N) is 1. The number of H-pyrrole nitrogens is 2. The standard InChI is InChI=1S/C11H16N4O3S/c1-15(2)6-5-12-19(17,18)8-3-4-9-10(7-8)14-11(16)13-9/h3-4,7,12H,5-6H2,1-2H3,(H2,13,14,16). The van der Waals surface area contributed by atoms with E-state index in [9.17, 15) is 13.2 Å². The second kappa shape index (κ2) is 5.16. The third-order valence-corrected chi connectivity index (χ3v) is 4.11. The molecule has 0 saturated carbocycles. The molecular formula is C11H16N4O3S. The molecule has 0 aliphatic carbocycles. The van der Waals surface area contributed by atoms with E-state index in [1.807, 2.05) is 19.0 Å². The minimum atomic E-state index is -3.55. The fraction of sp³-hybridized carbons (Fsp3) is 0.364. The van der Waals surface area contributed by atoms with Crippen LogP contribution in [0.25, 0.3) is 11.0 Å². The van der Waals surface area contributed by atoms with Gasteiger partial charge in [0.1, 0.15) is 0 Å². The molecule has 1 aromatic carbocycles. The van der Waals surface area contributed by atoms with Gasteiger partial charge in [-0.3, -0.25) is 0 Å². The molecule has 0 bridgehead atoms. The minimum Gasteiger partial charge on any atom is -0.308 e. The predicted molar refractivity (Wildman–Crippen MR) is 72.7 cm³/mol. The lowest BCUT2D eigenvalue weighted by atomic mass is 10.3. The molecule has 8 heteroatoms. The summed E-state index contributed by atoms with van der Waals surface area (Å²) >= 11 is 0. The van der Waals surface area contributed by atoms with Crippen LogP contribution in [0.2, 0.25) is 0 Å². The second-order valence-electron chi connectivity index (χ2n) is 4.49. The molecular weight excluding hydrogens is 268 g/mol. The van der Waals surface area contributed by atoms with Crippen molar-refractivity contribution < 1.29 is 8.42 Å². The van der Waals surface area contributed by atoms with Gasteiger partial charge < -0.3 is 14.9 Å². The summed E-state index contributed by atoms with van der Waals surface area (Å²) < 4.78 is 26.6. The van der Waals surface area contributed by atoms with E-state index in [2.05, 4.69) is 14.7 Å². The van der Waals surface area contributed by atoms with Gasteiger partial charge in [0, 0.05) is 13.1 Å². The van der Waals surface area contributed by atoms with Gasteiger partial charge in [0.05, 0.1) is 15.9 Å². The fourth-order valence-electron chi connectivity index (χ4n) is 1.67. The molecule has 0 aliphatic rings. The molecule has 0 spiro atoms. The van der Waals surface area contributed by atoms with Crippen LogP contribution in [0.4, 0.5) is 0 Å². The van der Waals surface area contributed by atoms with Crippen molar-refractivity contribution in [3.05, 3.63) is 28.7 Å². The Hall–Kier alpha value is -1.64. The number of fused-ring (bicyclic) bond motifs is 1. The van der Waals surface area contributed by atoms with Gasteiger partial charge in [0.2, 0.25) is 10.0 Å². The zero-order chi connectivity index (χ0) is 14.0. The SMILES string of the molecule is CN(C)CCNS(=O)(=O)c1ccc2[nH]c(=O)[nH]c2c1. The Morgan fingerprint density at radius 2 is 1.89 bits per heavy atom. The number of aromatic nitrogens is 2. The highest BCUT2D eigenvalue weighted by Gasteiger charge is 2.14. The van der Waals surface area contributed by atoms with Gasteiger partial charge in [-0.05, 0) is 32.3 Å². The van der Waals surface area contributed by atoms with Gasteiger partial charge in [-0.1, -0.05) is 0 Å². The number of imidazole rings is 1. The Kier molecular flexibility index (Phi) is 3.74. The van der Waals surface area contributed by atoms with Crippen LogP contribution in [0.3, 0.4) is 0 Å². The summed E-state index contributed by atoms with van der Waals surface area (Å²) in [6, 6.07) is 4.46. The lowest BCUT2D eigenvalue weighted by Gasteiger charge is -2.10. The summed E-state index contributed by atoms with van der Waals surface area (Å²) in [5.41, 5.74) is 0.697. The van der Waals surface area contributed by atoms with Crippen molar-refractivity contribution >= 4 is 21.1 Å². The first-order chi connectivity index (χ1) is 8.88. The molecule has 1 heterocycles. The van der Waals surface area contributed by atoms with E-state index >= 15 is 0 Å². The number of nitrogens with one attached hydrogen (secondary N) is 3. The largest absolute Gasteiger partial charge is 0.323 e. The number of sulfonamides is 1. The van der Waals surface area contributed by atoms with E-state index in [1.54, 1.807) is 6.07 Å². The summed E-state index contributed by atoms with van der Waals surface area (Å²) in [4.78, 5) is 18.2. The quantitative estimate of drug-likeness (QED) is 0.702. The van der Waals surface area contributed by atoms with Gasteiger partial charge in [-0.25, -0.2) is 17.9 Å². The van der Waals surface area contributed by atoms with Crippen molar-refractivity contribution in [2.24, 2.45) is 0 Å². The Balaban J connectivity index is 2.24. The Labute approximate surface area is 110 Å². The zero-order valence-corrected chi connectivity index (χ0v) is 11.5. The highest BCUT2D eigenvalue weighted by molar-refractivity contribution is 7.89. The second-order valence-corrected chi connectivity index (χ2v) is 6.25. The number of likely N-dealkylation sites (N-methyl/N-ethyl adjacent to an activating group) is 1. The highest BCUT2D eigenvalue weighted by atomic mass is 32.2. The maximum absolute atomic E-state index is 12.0. The maximum atomic E-state index is 12.0. The monoisotopic (exact) mass is 284 g/mol. The molecule has 7 nitrogen and oxygen atoms in total. The molecule has 1 aromatic heterocycles. The van der Waals surface area contributed by atoms with Crippen LogP contribution in [0.1, 0.15) is 0 Å². The molecule has 19 heavy (non-hydrogen) atoms. The molecule has 0 radical (unpaired) electrons. The Morgan fingerprint density at radius 1 is 1.21 bits per heavy atom. The minimum absolute atomic E-state index is 0.133. The Bertz CT molecular complexity index is 730. The van der Waals surface area contributed by atoms with Crippen LogP contribution in [0.5, 0.6) is 0 Å². The average Bonchev–Trinajstić information content (AvgIpc) is 2.67. The van der Waals surface area contributed by atoms with Crippen LogP contribution in [0.15, 0.2) is 27.9 Å². The smallest absolute Gasteiger partial charge is 0.308 e. The summed E-state index contributed by atoms with van der Waals surface area (Å²) in [5.74, 6) is 0. The third-order valence-electron chi connectivity index (χ3n) is 2.65. The Morgan fingerprint density at radius 3 is 2.58 bits per heavy atom. The number of benzene rings is 1. The van der Waals surface area contributed by atoms with Gasteiger partial charge in [-0.2, -0.15) is 0 Å². The number of aromatic amines is 2. The molecule has 0 saturated heterocycles. The van der Waals surface area contributed by atoms with Crippen LogP contribution < -0.4 is 10.4 Å². The third kappa shape index (κ3) is 3.22. The first-order valence-electron chi connectivity index (χ1n) is 5.75. The molecule has 3 N–H and O–H groups in total. The summed E-state index contributed by atoms with van der Waals surface area (Å²) in [6.07, 6.45) is 0. The first-order valence-corrected chi connectivity index (χ1v) is 7.23. The van der Waals surface area contributed by atoms with E-state index < -0.39 is 10.0 Å². The van der Waals surface area contributed by atoms with Gasteiger partial charge in [0.15, 0.2) is 0 Å². The molecule has 0 amide bonds. The van der Waals surface area contributed by atoms with E-state index in [4.69, 9.17) is 0 Å². The topological polar surface area (TPSA) is 98.1 Å². The van der Waals surface area contributed by atoms with E-state index in [-0.39, 0.29) is 10.6 Å². The number of hydrogen-bond donors (Lipinski definition) is 3. The van der Waals surface area contributed by atoms with E-state index in [1.165, 1.54) is 12.1 Å². The predicted octanol–water partition coefficient (Wildman–Crippen LogP) is -0.304. The molecule has 0 unspecified atom stereocenters. The van der Waals surface area contributed by atoms with Crippen LogP contribution in [-0.4, -0.2) is 50.5 Å². The van der Waals surface area contributed by atoms with Crippen LogP contribution in [-0.2, 0) is 10.0 Å². The number of rotatable bonds is 5. The molecule has 0 fully saturated rings. The molecule has 2 rings (SSSR count). The molecule has 0 atom stereocenters. The van der Waals surface area contributed by atoms with Crippen molar-refractivity contribution in [3.8, 4) is 0 Å². The summed E-state index contributed by atoms with van der Waals surface area (Å²) in [7, 11) is 0.181. The van der Waals surface area contributed by atoms with E-state index in [0.29, 0.717) is 24.1 Å².